The standard InChI is InChI=1S/C9H12N2O2S/c1-3-8(2)11-14(12,13)9-6-4-5-7-10-9/h3-8,11H,1H2,2H3/t8-/m1/s1. The van der Waals surface area contributed by atoms with Crippen molar-refractivity contribution < 1.29 is 8.42 Å². The van der Waals surface area contributed by atoms with E-state index in [4.69, 9.17) is 0 Å². The monoisotopic (exact) mass is 212 g/mol. The number of rotatable bonds is 4. The quantitative estimate of drug-likeness (QED) is 0.755. The first-order valence-electron chi connectivity index (χ1n) is 4.12. The van der Waals surface area contributed by atoms with E-state index in [0.29, 0.717) is 0 Å². The van der Waals surface area contributed by atoms with Crippen molar-refractivity contribution in [3.63, 3.8) is 0 Å². The summed E-state index contributed by atoms with van der Waals surface area (Å²) in [4.78, 5) is 3.75. The lowest BCUT2D eigenvalue weighted by atomic mass is 10.4. The van der Waals surface area contributed by atoms with E-state index < -0.39 is 10.0 Å². The van der Waals surface area contributed by atoms with Crippen LogP contribution in [0, 0.1) is 0 Å². The average molecular weight is 212 g/mol. The molecule has 4 nitrogen and oxygen atoms in total. The molecule has 0 saturated heterocycles. The lowest BCUT2D eigenvalue weighted by molar-refractivity contribution is 0.572. The Kier molecular flexibility index (Phi) is 3.38. The van der Waals surface area contributed by atoms with Crippen LogP contribution in [0.15, 0.2) is 42.1 Å². The van der Waals surface area contributed by atoms with Crippen LogP contribution in [0.5, 0.6) is 0 Å². The summed E-state index contributed by atoms with van der Waals surface area (Å²) < 4.78 is 25.6. The van der Waals surface area contributed by atoms with E-state index in [9.17, 15) is 8.42 Å². The lowest BCUT2D eigenvalue weighted by Crippen LogP contribution is -2.31. The minimum Gasteiger partial charge on any atom is -0.243 e. The lowest BCUT2D eigenvalue weighted by Gasteiger charge is -2.08. The summed E-state index contributed by atoms with van der Waals surface area (Å²) in [7, 11) is -3.50. The predicted molar refractivity (Wildman–Crippen MR) is 54.2 cm³/mol. The van der Waals surface area contributed by atoms with E-state index in [2.05, 4.69) is 16.3 Å². The number of aromatic nitrogens is 1. The van der Waals surface area contributed by atoms with Crippen molar-refractivity contribution in [1.29, 1.82) is 0 Å². The molecule has 76 valence electrons. The summed E-state index contributed by atoms with van der Waals surface area (Å²) in [6.07, 6.45) is 2.95. The molecule has 5 heteroatoms. The normalized spacial score (nSPS) is 13.5. The van der Waals surface area contributed by atoms with Crippen molar-refractivity contribution in [1.82, 2.24) is 9.71 Å². The maximum Gasteiger partial charge on any atom is 0.258 e. The Balaban J connectivity index is 2.92. The topological polar surface area (TPSA) is 59.1 Å². The molecule has 0 spiro atoms. The molecule has 14 heavy (non-hydrogen) atoms. The molecule has 0 aliphatic heterocycles. The average Bonchev–Trinajstić information content (AvgIpc) is 2.18. The zero-order valence-corrected chi connectivity index (χ0v) is 8.66. The Bertz CT molecular complexity index is 400. The van der Waals surface area contributed by atoms with Gasteiger partial charge in [-0.3, -0.25) is 0 Å². The zero-order chi connectivity index (χ0) is 10.6. The highest BCUT2D eigenvalue weighted by molar-refractivity contribution is 7.89. The third-order valence-corrected chi connectivity index (χ3v) is 3.08. The van der Waals surface area contributed by atoms with Crippen molar-refractivity contribution in [2.75, 3.05) is 0 Å². The summed E-state index contributed by atoms with van der Waals surface area (Å²) in [5.41, 5.74) is 0. The van der Waals surface area contributed by atoms with Crippen LogP contribution in [0.2, 0.25) is 0 Å². The highest BCUT2D eigenvalue weighted by Crippen LogP contribution is 2.03. The number of nitrogens with one attached hydrogen (secondary N) is 1. The van der Waals surface area contributed by atoms with E-state index in [0.717, 1.165) is 0 Å². The third-order valence-electron chi connectivity index (χ3n) is 1.61. The molecule has 0 saturated carbocycles. The Hall–Kier alpha value is -1.20. The van der Waals surface area contributed by atoms with Crippen LogP contribution in [0.3, 0.4) is 0 Å². The molecule has 1 N–H and O–H groups in total. The van der Waals surface area contributed by atoms with Gasteiger partial charge in [0.05, 0.1) is 0 Å². The van der Waals surface area contributed by atoms with Gasteiger partial charge in [0.2, 0.25) is 0 Å². The van der Waals surface area contributed by atoms with Crippen molar-refractivity contribution in [2.45, 2.75) is 18.0 Å². The Morgan fingerprint density at radius 2 is 2.29 bits per heavy atom. The van der Waals surface area contributed by atoms with Gasteiger partial charge in [0, 0.05) is 12.2 Å². The van der Waals surface area contributed by atoms with Gasteiger partial charge >= 0.3 is 0 Å². The molecule has 1 rings (SSSR count). The molecule has 0 unspecified atom stereocenters. The molecule has 1 aromatic rings. The second-order valence-corrected chi connectivity index (χ2v) is 4.47. The predicted octanol–water partition coefficient (Wildman–Crippen LogP) is 0.934. The summed E-state index contributed by atoms with van der Waals surface area (Å²) in [5.74, 6) is 0. The minimum atomic E-state index is -3.50. The minimum absolute atomic E-state index is 0.0219. The summed E-state index contributed by atoms with van der Waals surface area (Å²) in [5, 5.41) is 0.0219. The van der Waals surface area contributed by atoms with E-state index in [-0.39, 0.29) is 11.1 Å². The molecule has 0 bridgehead atoms. The molecular formula is C9H12N2O2S. The van der Waals surface area contributed by atoms with Gasteiger partial charge in [-0.25, -0.2) is 18.1 Å². The molecule has 0 radical (unpaired) electrons. The Morgan fingerprint density at radius 1 is 1.57 bits per heavy atom. The molecule has 0 aliphatic carbocycles. The van der Waals surface area contributed by atoms with Crippen LogP contribution >= 0.6 is 0 Å². The van der Waals surface area contributed by atoms with Crippen LogP contribution in [0.25, 0.3) is 0 Å². The molecule has 0 aliphatic rings. The fraction of sp³-hybridized carbons (Fsp3) is 0.222. The van der Waals surface area contributed by atoms with Crippen LogP contribution in [-0.4, -0.2) is 19.4 Å². The third kappa shape index (κ3) is 2.65. The largest absolute Gasteiger partial charge is 0.258 e. The van der Waals surface area contributed by atoms with E-state index in [1.54, 1.807) is 19.1 Å². The van der Waals surface area contributed by atoms with E-state index >= 15 is 0 Å². The van der Waals surface area contributed by atoms with E-state index in [1.165, 1.54) is 18.3 Å². The van der Waals surface area contributed by atoms with Crippen molar-refractivity contribution in [3.8, 4) is 0 Å². The van der Waals surface area contributed by atoms with Gasteiger partial charge in [0.15, 0.2) is 5.03 Å². The van der Waals surface area contributed by atoms with Gasteiger partial charge in [-0.2, -0.15) is 0 Å². The van der Waals surface area contributed by atoms with Gasteiger partial charge in [-0.1, -0.05) is 12.1 Å². The highest BCUT2D eigenvalue weighted by Gasteiger charge is 2.16. The highest BCUT2D eigenvalue weighted by atomic mass is 32.2. The number of pyridine rings is 1. The fourth-order valence-corrected chi connectivity index (χ4v) is 2.02. The first-order chi connectivity index (χ1) is 6.56. The van der Waals surface area contributed by atoms with E-state index in [1.807, 2.05) is 0 Å². The molecule has 0 amide bonds. The van der Waals surface area contributed by atoms with Crippen LogP contribution in [0.1, 0.15) is 6.92 Å². The molecule has 0 aromatic carbocycles. The second kappa shape index (κ2) is 4.34. The van der Waals surface area contributed by atoms with Gasteiger partial charge in [0.1, 0.15) is 0 Å². The maximum absolute atomic E-state index is 11.6. The van der Waals surface area contributed by atoms with Crippen LogP contribution < -0.4 is 4.72 Å². The molecular weight excluding hydrogens is 200 g/mol. The van der Waals surface area contributed by atoms with Crippen LogP contribution in [-0.2, 0) is 10.0 Å². The van der Waals surface area contributed by atoms with Gasteiger partial charge < -0.3 is 0 Å². The molecule has 1 atom stereocenters. The fourth-order valence-electron chi connectivity index (χ4n) is 0.859. The summed E-state index contributed by atoms with van der Waals surface area (Å²) in [6.45, 7) is 5.19. The van der Waals surface area contributed by atoms with Gasteiger partial charge in [-0.05, 0) is 19.1 Å². The molecule has 0 fully saturated rings. The Morgan fingerprint density at radius 3 is 2.79 bits per heavy atom. The van der Waals surface area contributed by atoms with Crippen LogP contribution in [0.4, 0.5) is 0 Å². The maximum atomic E-state index is 11.6. The van der Waals surface area contributed by atoms with Gasteiger partial charge in [-0.15, -0.1) is 6.58 Å². The van der Waals surface area contributed by atoms with Crippen molar-refractivity contribution in [2.24, 2.45) is 0 Å². The molecule has 1 heterocycles. The van der Waals surface area contributed by atoms with Gasteiger partial charge in [0.25, 0.3) is 10.0 Å². The second-order valence-electron chi connectivity index (χ2n) is 2.81. The first-order valence-corrected chi connectivity index (χ1v) is 5.60. The van der Waals surface area contributed by atoms with Crippen molar-refractivity contribution >= 4 is 10.0 Å². The number of sulfonamides is 1. The summed E-state index contributed by atoms with van der Waals surface area (Å²) >= 11 is 0. The SMILES string of the molecule is C=C[C@@H](C)NS(=O)(=O)c1ccccn1. The number of nitrogens with zero attached hydrogens (tertiary/aromatic N) is 1. The first kappa shape index (κ1) is 10.9. The smallest absolute Gasteiger partial charge is 0.243 e. The Labute approximate surface area is 83.7 Å². The number of hydrogen-bond acceptors (Lipinski definition) is 3. The summed E-state index contributed by atoms with van der Waals surface area (Å²) in [6, 6.07) is 4.43. The zero-order valence-electron chi connectivity index (χ0n) is 7.84. The molecule has 1 aromatic heterocycles. The van der Waals surface area contributed by atoms with Crippen molar-refractivity contribution in [3.05, 3.63) is 37.1 Å². The number of hydrogen-bond donors (Lipinski definition) is 1.